The second-order valence-electron chi connectivity index (χ2n) is 4.80. The van der Waals surface area contributed by atoms with Gasteiger partial charge in [-0.2, -0.15) is 0 Å². The van der Waals surface area contributed by atoms with Gasteiger partial charge in [-0.15, -0.1) is 0 Å². The van der Waals surface area contributed by atoms with Gasteiger partial charge in [0.25, 0.3) is 0 Å². The Bertz CT molecular complexity index is 570. The lowest BCUT2D eigenvalue weighted by atomic mass is 10.1. The highest BCUT2D eigenvalue weighted by Crippen LogP contribution is 2.38. The van der Waals surface area contributed by atoms with Gasteiger partial charge in [-0.3, -0.25) is 0 Å². The minimum absolute atomic E-state index is 0.183. The number of nitrogens with zero attached hydrogens (tertiary/aromatic N) is 1. The Balaban J connectivity index is 2.12. The van der Waals surface area contributed by atoms with Crippen LogP contribution in [0.15, 0.2) is 34.9 Å². The zero-order valence-corrected chi connectivity index (χ0v) is 11.4. The lowest BCUT2D eigenvalue weighted by Gasteiger charge is -2.11. The molecule has 0 aliphatic heterocycles. The van der Waals surface area contributed by atoms with Gasteiger partial charge in [0.05, 0.1) is 5.69 Å². The highest BCUT2D eigenvalue weighted by Gasteiger charge is 2.22. The summed E-state index contributed by atoms with van der Waals surface area (Å²) in [7, 11) is 0. The monoisotopic (exact) mass is 290 g/mol. The highest BCUT2D eigenvalue weighted by molar-refractivity contribution is 9.10. The second kappa shape index (κ2) is 4.00. The fourth-order valence-corrected chi connectivity index (χ4v) is 2.94. The van der Waals surface area contributed by atoms with Gasteiger partial charge in [-0.25, -0.2) is 0 Å². The first-order valence-corrected chi connectivity index (χ1v) is 6.67. The third-order valence-electron chi connectivity index (χ3n) is 3.24. The number of fused-ring (bicyclic) bond motifs is 3. The molecular weight excluding hydrogens is 276 g/mol. The quantitative estimate of drug-likeness (QED) is 0.772. The van der Waals surface area contributed by atoms with Gasteiger partial charge in [0.1, 0.15) is 0 Å². The number of hydrogen-bond acceptors (Lipinski definition) is 1. The Morgan fingerprint density at radius 2 is 2.18 bits per heavy atom. The zero-order valence-electron chi connectivity index (χ0n) is 9.78. The van der Waals surface area contributed by atoms with Crippen LogP contribution in [0.3, 0.4) is 0 Å². The summed E-state index contributed by atoms with van der Waals surface area (Å²) in [5.41, 5.74) is 11.4. The number of halogens is 1. The van der Waals surface area contributed by atoms with Gasteiger partial charge in [0.15, 0.2) is 0 Å². The van der Waals surface area contributed by atoms with Crippen molar-refractivity contribution in [2.45, 2.75) is 25.9 Å². The van der Waals surface area contributed by atoms with E-state index in [1.54, 1.807) is 0 Å². The van der Waals surface area contributed by atoms with E-state index < -0.39 is 0 Å². The SMILES string of the molecule is C[C@H](N)Cn1ccc2c1-c1cc(Br)ccc1C2. The largest absolute Gasteiger partial charge is 0.346 e. The van der Waals surface area contributed by atoms with Crippen LogP contribution in [-0.4, -0.2) is 10.6 Å². The van der Waals surface area contributed by atoms with E-state index >= 15 is 0 Å². The average molecular weight is 291 g/mol. The maximum absolute atomic E-state index is 5.90. The van der Waals surface area contributed by atoms with Crippen LogP contribution < -0.4 is 5.73 Å². The number of rotatable bonds is 2. The lowest BCUT2D eigenvalue weighted by molar-refractivity contribution is 0.596. The van der Waals surface area contributed by atoms with Gasteiger partial charge in [-0.05, 0) is 36.2 Å². The molecule has 0 amide bonds. The molecule has 0 spiro atoms. The average Bonchev–Trinajstić information content (AvgIpc) is 2.78. The van der Waals surface area contributed by atoms with E-state index in [0.717, 1.165) is 17.4 Å². The molecule has 2 N–H and O–H groups in total. The van der Waals surface area contributed by atoms with Gasteiger partial charge in [0.2, 0.25) is 0 Å². The third kappa shape index (κ3) is 1.83. The predicted molar refractivity (Wildman–Crippen MR) is 74.0 cm³/mol. The smallest absolute Gasteiger partial charge is 0.0520 e. The molecule has 1 aliphatic carbocycles. The molecule has 1 aromatic carbocycles. The molecule has 88 valence electrons. The molecule has 0 radical (unpaired) electrons. The molecule has 17 heavy (non-hydrogen) atoms. The molecule has 2 nitrogen and oxygen atoms in total. The summed E-state index contributed by atoms with van der Waals surface area (Å²) < 4.78 is 3.41. The van der Waals surface area contributed by atoms with E-state index in [1.807, 2.05) is 6.92 Å². The number of aromatic nitrogens is 1. The minimum atomic E-state index is 0.183. The van der Waals surface area contributed by atoms with Gasteiger partial charge in [0, 0.05) is 35.2 Å². The van der Waals surface area contributed by atoms with Crippen molar-refractivity contribution in [3.63, 3.8) is 0 Å². The molecule has 0 saturated heterocycles. The first kappa shape index (κ1) is 11.1. The number of benzene rings is 1. The fraction of sp³-hybridized carbons (Fsp3) is 0.286. The van der Waals surface area contributed by atoms with Crippen LogP contribution in [0.4, 0.5) is 0 Å². The second-order valence-corrected chi connectivity index (χ2v) is 5.71. The van der Waals surface area contributed by atoms with Crippen molar-refractivity contribution in [2.75, 3.05) is 0 Å². The maximum atomic E-state index is 5.90. The molecule has 0 unspecified atom stereocenters. The molecule has 1 atom stereocenters. The van der Waals surface area contributed by atoms with Crippen LogP contribution in [0.25, 0.3) is 11.3 Å². The highest BCUT2D eigenvalue weighted by atomic mass is 79.9. The van der Waals surface area contributed by atoms with Crippen LogP contribution in [0.5, 0.6) is 0 Å². The van der Waals surface area contributed by atoms with E-state index in [1.165, 1.54) is 22.4 Å². The molecule has 0 bridgehead atoms. The first-order chi connectivity index (χ1) is 8.15. The Labute approximate surface area is 110 Å². The Kier molecular flexibility index (Phi) is 2.60. The summed E-state index contributed by atoms with van der Waals surface area (Å²) in [5, 5.41) is 0. The molecular formula is C14H15BrN2. The Hall–Kier alpha value is -1.06. The summed E-state index contributed by atoms with van der Waals surface area (Å²) in [5.74, 6) is 0. The van der Waals surface area contributed by atoms with Crippen LogP contribution in [0.2, 0.25) is 0 Å². The first-order valence-electron chi connectivity index (χ1n) is 5.87. The fourth-order valence-electron chi connectivity index (χ4n) is 2.58. The van der Waals surface area contributed by atoms with Crippen LogP contribution in [0.1, 0.15) is 18.1 Å². The van der Waals surface area contributed by atoms with E-state index in [9.17, 15) is 0 Å². The Morgan fingerprint density at radius 3 is 2.94 bits per heavy atom. The van der Waals surface area contributed by atoms with Crippen molar-refractivity contribution < 1.29 is 0 Å². The summed E-state index contributed by atoms with van der Waals surface area (Å²) in [4.78, 5) is 0. The third-order valence-corrected chi connectivity index (χ3v) is 3.73. The van der Waals surface area contributed by atoms with Crippen molar-refractivity contribution >= 4 is 15.9 Å². The number of nitrogens with two attached hydrogens (primary N) is 1. The van der Waals surface area contributed by atoms with Gasteiger partial charge < -0.3 is 10.3 Å². The van der Waals surface area contributed by atoms with E-state index in [2.05, 4.69) is 51.0 Å². The molecule has 3 rings (SSSR count). The summed E-state index contributed by atoms with van der Waals surface area (Å²) >= 11 is 3.55. The van der Waals surface area contributed by atoms with Crippen molar-refractivity contribution in [1.82, 2.24) is 4.57 Å². The van der Waals surface area contributed by atoms with Crippen molar-refractivity contribution in [3.8, 4) is 11.3 Å². The molecule has 0 fully saturated rings. The maximum Gasteiger partial charge on any atom is 0.0520 e. The predicted octanol–water partition coefficient (Wildman–Crippen LogP) is 3.17. The van der Waals surface area contributed by atoms with Crippen LogP contribution >= 0.6 is 15.9 Å². The van der Waals surface area contributed by atoms with Crippen molar-refractivity contribution in [1.29, 1.82) is 0 Å². The standard InChI is InChI=1S/C14H15BrN2/c1-9(16)8-17-5-4-11-6-10-2-3-12(15)7-13(10)14(11)17/h2-5,7,9H,6,8,16H2,1H3/t9-/m0/s1. The summed E-state index contributed by atoms with van der Waals surface area (Å²) in [6, 6.07) is 8.92. The summed E-state index contributed by atoms with van der Waals surface area (Å²) in [6.45, 7) is 2.92. The molecule has 3 heteroatoms. The topological polar surface area (TPSA) is 30.9 Å². The molecule has 0 saturated carbocycles. The van der Waals surface area contributed by atoms with Gasteiger partial charge in [-0.1, -0.05) is 22.0 Å². The Morgan fingerprint density at radius 1 is 1.35 bits per heavy atom. The van der Waals surface area contributed by atoms with Crippen molar-refractivity contribution in [3.05, 3.63) is 46.1 Å². The van der Waals surface area contributed by atoms with Crippen LogP contribution in [-0.2, 0) is 13.0 Å². The lowest BCUT2D eigenvalue weighted by Crippen LogP contribution is -2.22. The zero-order chi connectivity index (χ0) is 12.0. The van der Waals surface area contributed by atoms with Crippen molar-refractivity contribution in [2.24, 2.45) is 5.73 Å². The number of hydrogen-bond donors (Lipinski definition) is 1. The minimum Gasteiger partial charge on any atom is -0.346 e. The van der Waals surface area contributed by atoms with E-state index in [-0.39, 0.29) is 6.04 Å². The normalized spacial score (nSPS) is 14.5. The van der Waals surface area contributed by atoms with Crippen LogP contribution in [0, 0.1) is 0 Å². The molecule has 1 heterocycles. The van der Waals surface area contributed by atoms with E-state index in [0.29, 0.717) is 0 Å². The molecule has 1 aromatic heterocycles. The molecule has 1 aliphatic rings. The van der Waals surface area contributed by atoms with Gasteiger partial charge >= 0.3 is 0 Å². The van der Waals surface area contributed by atoms with E-state index in [4.69, 9.17) is 5.73 Å². The summed E-state index contributed by atoms with van der Waals surface area (Å²) in [6.07, 6.45) is 3.20. The molecule has 2 aromatic rings.